The summed E-state index contributed by atoms with van der Waals surface area (Å²) < 4.78 is 0. The van der Waals surface area contributed by atoms with E-state index in [0.717, 1.165) is 0 Å². The molecule has 0 saturated heterocycles. The molecule has 0 bridgehead atoms. The number of carbonyl (C=O) groups is 1. The molecule has 0 aliphatic heterocycles. The fraction of sp³-hybridized carbons (Fsp3) is 0.545. The number of aliphatic hydroxyl groups excluding tert-OH is 4. The molecule has 0 spiro atoms. The van der Waals surface area contributed by atoms with E-state index >= 15 is 0 Å². The lowest BCUT2D eigenvalue weighted by Crippen LogP contribution is -2.34. The second kappa shape index (κ2) is 7.10. The van der Waals surface area contributed by atoms with Crippen LogP contribution in [-0.4, -0.2) is 60.8 Å². The van der Waals surface area contributed by atoms with Gasteiger partial charge in [-0.3, -0.25) is 4.79 Å². The number of nitrogens with one attached hydrogen (secondary N) is 2. The van der Waals surface area contributed by atoms with Crippen molar-refractivity contribution in [2.45, 2.75) is 32.2 Å². The summed E-state index contributed by atoms with van der Waals surface area (Å²) in [5.74, 6) is -0.0452. The number of aliphatic hydroxyl groups is 4. The summed E-state index contributed by atoms with van der Waals surface area (Å²) in [4.78, 5) is 17.3. The molecule has 1 rings (SSSR count). The van der Waals surface area contributed by atoms with Crippen molar-refractivity contribution in [1.29, 1.82) is 0 Å². The molecule has 9 nitrogen and oxygen atoms in total. The molecule has 1 aromatic heterocycles. The molecule has 112 valence electrons. The molecule has 1 heterocycles. The fourth-order valence-electron chi connectivity index (χ4n) is 1.39. The maximum absolute atomic E-state index is 10.7. The van der Waals surface area contributed by atoms with Gasteiger partial charge >= 0.3 is 0 Å². The first-order valence-electron chi connectivity index (χ1n) is 5.88. The predicted octanol–water partition coefficient (Wildman–Crippen LogP) is -1.98. The van der Waals surface area contributed by atoms with Crippen molar-refractivity contribution >= 4 is 11.6 Å². The second-order valence-electron chi connectivity index (χ2n) is 4.24. The zero-order valence-electron chi connectivity index (χ0n) is 11.1. The normalized spacial score (nSPS) is 16.6. The van der Waals surface area contributed by atoms with E-state index in [0.29, 0.717) is 11.5 Å². The number of hydrazone groups is 1. The zero-order valence-corrected chi connectivity index (χ0v) is 11.1. The van der Waals surface area contributed by atoms with E-state index in [4.69, 9.17) is 5.11 Å². The number of imidazole rings is 1. The number of aromatic nitrogens is 2. The van der Waals surface area contributed by atoms with E-state index < -0.39 is 24.9 Å². The largest absolute Gasteiger partial charge is 0.394 e. The van der Waals surface area contributed by atoms with Gasteiger partial charge in [0.15, 0.2) is 5.82 Å². The maximum atomic E-state index is 10.7. The van der Waals surface area contributed by atoms with Crippen LogP contribution in [0.25, 0.3) is 0 Å². The lowest BCUT2D eigenvalue weighted by molar-refractivity contribution is -0.118. The zero-order chi connectivity index (χ0) is 15.3. The van der Waals surface area contributed by atoms with E-state index in [1.807, 2.05) is 0 Å². The van der Waals surface area contributed by atoms with Gasteiger partial charge in [0.05, 0.1) is 18.5 Å². The molecule has 0 fully saturated rings. The topological polar surface area (TPSA) is 151 Å². The highest BCUT2D eigenvalue weighted by molar-refractivity contribution is 5.95. The standard InChI is InChI=1S/C11H18N4O5/c1-5(14-15-6(2)17)11-12-3-7(13-11)9(19)10(20)8(18)4-16/h3,8-10,16,18-20H,4H2,1-2H3,(H,12,13)(H,15,17)/t8-,9-,10-/m1/s1. The molecule has 0 aromatic carbocycles. The Balaban J connectivity index is 2.81. The molecule has 1 amide bonds. The van der Waals surface area contributed by atoms with Crippen LogP contribution in [0.4, 0.5) is 0 Å². The first-order valence-corrected chi connectivity index (χ1v) is 5.88. The average molecular weight is 286 g/mol. The quantitative estimate of drug-likeness (QED) is 0.263. The molecule has 0 unspecified atom stereocenters. The minimum atomic E-state index is -1.55. The van der Waals surface area contributed by atoms with Crippen molar-refractivity contribution in [3.05, 3.63) is 17.7 Å². The number of amides is 1. The number of carbonyl (C=O) groups excluding carboxylic acids is 1. The molecular weight excluding hydrogens is 268 g/mol. The van der Waals surface area contributed by atoms with Gasteiger partial charge in [-0.1, -0.05) is 0 Å². The third-order valence-electron chi connectivity index (χ3n) is 2.54. The third-order valence-corrected chi connectivity index (χ3v) is 2.54. The molecule has 0 radical (unpaired) electrons. The van der Waals surface area contributed by atoms with E-state index in [-0.39, 0.29) is 11.6 Å². The summed E-state index contributed by atoms with van der Waals surface area (Å²) in [5, 5.41) is 41.1. The number of H-pyrrole nitrogens is 1. The van der Waals surface area contributed by atoms with Crippen molar-refractivity contribution in [1.82, 2.24) is 15.4 Å². The molecule has 9 heteroatoms. The number of nitrogens with zero attached hydrogens (tertiary/aromatic N) is 2. The van der Waals surface area contributed by atoms with Crippen LogP contribution in [0.3, 0.4) is 0 Å². The first kappa shape index (κ1) is 16.2. The SMILES string of the molecule is CC(=O)NN=C(C)c1ncc([C@@H](O)[C@H](O)[C@H](O)CO)[nH]1. The minimum Gasteiger partial charge on any atom is -0.394 e. The fourth-order valence-corrected chi connectivity index (χ4v) is 1.39. The van der Waals surface area contributed by atoms with Crippen LogP contribution in [0.2, 0.25) is 0 Å². The smallest absolute Gasteiger partial charge is 0.236 e. The van der Waals surface area contributed by atoms with Gasteiger partial charge in [-0.15, -0.1) is 0 Å². The van der Waals surface area contributed by atoms with Crippen LogP contribution in [0, 0.1) is 0 Å². The Bertz CT molecular complexity index is 487. The van der Waals surface area contributed by atoms with Gasteiger partial charge in [-0.2, -0.15) is 5.10 Å². The number of rotatable bonds is 6. The van der Waals surface area contributed by atoms with Crippen LogP contribution in [0.5, 0.6) is 0 Å². The van der Waals surface area contributed by atoms with Crippen molar-refractivity contribution in [3.8, 4) is 0 Å². The lowest BCUT2D eigenvalue weighted by atomic mass is 10.1. The van der Waals surface area contributed by atoms with Crippen LogP contribution in [-0.2, 0) is 4.79 Å². The van der Waals surface area contributed by atoms with Crippen molar-refractivity contribution in [2.75, 3.05) is 6.61 Å². The van der Waals surface area contributed by atoms with Gasteiger partial charge in [0, 0.05) is 6.92 Å². The average Bonchev–Trinajstić information content (AvgIpc) is 2.91. The number of hydrogen-bond acceptors (Lipinski definition) is 7. The first-order chi connectivity index (χ1) is 9.36. The Kier molecular flexibility index (Phi) is 5.77. The third kappa shape index (κ3) is 4.10. The molecule has 0 saturated carbocycles. The highest BCUT2D eigenvalue weighted by atomic mass is 16.4. The Labute approximate surface area is 115 Å². The summed E-state index contributed by atoms with van der Waals surface area (Å²) in [5.41, 5.74) is 2.76. The monoisotopic (exact) mass is 286 g/mol. The summed E-state index contributed by atoms with van der Waals surface area (Å²) in [6.45, 7) is 2.22. The molecule has 6 N–H and O–H groups in total. The van der Waals surface area contributed by atoms with Crippen LogP contribution < -0.4 is 5.43 Å². The molecule has 3 atom stereocenters. The molecule has 20 heavy (non-hydrogen) atoms. The van der Waals surface area contributed by atoms with Gasteiger partial charge < -0.3 is 25.4 Å². The van der Waals surface area contributed by atoms with Crippen molar-refractivity contribution in [2.24, 2.45) is 5.10 Å². The summed E-state index contributed by atoms with van der Waals surface area (Å²) >= 11 is 0. The van der Waals surface area contributed by atoms with Gasteiger partial charge in [-0.25, -0.2) is 10.4 Å². The Morgan fingerprint density at radius 3 is 2.65 bits per heavy atom. The van der Waals surface area contributed by atoms with E-state index in [9.17, 15) is 20.1 Å². The predicted molar refractivity (Wildman–Crippen MR) is 68.7 cm³/mol. The van der Waals surface area contributed by atoms with Crippen LogP contribution in [0.1, 0.15) is 31.5 Å². The molecule has 0 aliphatic carbocycles. The summed E-state index contributed by atoms with van der Waals surface area (Å²) in [6, 6.07) is 0. The second-order valence-corrected chi connectivity index (χ2v) is 4.24. The van der Waals surface area contributed by atoms with Gasteiger partial charge in [-0.05, 0) is 6.92 Å². The van der Waals surface area contributed by atoms with Gasteiger partial charge in [0.25, 0.3) is 0 Å². The van der Waals surface area contributed by atoms with Crippen LogP contribution >= 0.6 is 0 Å². The van der Waals surface area contributed by atoms with Crippen molar-refractivity contribution in [3.63, 3.8) is 0 Å². The highest BCUT2D eigenvalue weighted by Gasteiger charge is 2.27. The number of hydrogen-bond donors (Lipinski definition) is 6. The van der Waals surface area contributed by atoms with Crippen LogP contribution in [0.15, 0.2) is 11.3 Å². The minimum absolute atomic E-state index is 0.150. The number of aromatic amines is 1. The molecular formula is C11H18N4O5. The van der Waals surface area contributed by atoms with E-state index in [1.165, 1.54) is 13.1 Å². The van der Waals surface area contributed by atoms with Gasteiger partial charge in [0.1, 0.15) is 24.0 Å². The van der Waals surface area contributed by atoms with Crippen molar-refractivity contribution < 1.29 is 25.2 Å². The Morgan fingerprint density at radius 1 is 1.45 bits per heavy atom. The van der Waals surface area contributed by atoms with E-state index in [2.05, 4.69) is 20.5 Å². The molecule has 1 aromatic rings. The van der Waals surface area contributed by atoms with Gasteiger partial charge in [0.2, 0.25) is 5.91 Å². The summed E-state index contributed by atoms with van der Waals surface area (Å²) in [7, 11) is 0. The highest BCUT2D eigenvalue weighted by Crippen LogP contribution is 2.17. The summed E-state index contributed by atoms with van der Waals surface area (Å²) in [6.07, 6.45) is -3.20. The Hall–Kier alpha value is -1.81. The maximum Gasteiger partial charge on any atom is 0.236 e. The lowest BCUT2D eigenvalue weighted by Gasteiger charge is -2.20. The molecule has 0 aliphatic rings. The van der Waals surface area contributed by atoms with E-state index in [1.54, 1.807) is 6.92 Å². The Morgan fingerprint density at radius 2 is 2.10 bits per heavy atom.